The Hall–Kier alpha value is -0.710. The van der Waals surface area contributed by atoms with Crippen molar-refractivity contribution in [2.24, 2.45) is 0 Å². The van der Waals surface area contributed by atoms with Gasteiger partial charge in [0.15, 0.2) is 0 Å². The van der Waals surface area contributed by atoms with Gasteiger partial charge in [-0.05, 0) is 38.4 Å². The predicted octanol–water partition coefficient (Wildman–Crippen LogP) is 2.18. The number of thioether (sulfide) groups is 1. The topological polar surface area (TPSA) is 49.4 Å². The Kier molecular flexibility index (Phi) is 4.99. The minimum absolute atomic E-state index is 0.0176. The lowest BCUT2D eigenvalue weighted by molar-refractivity contribution is -0.141. The van der Waals surface area contributed by atoms with Gasteiger partial charge in [0.25, 0.3) is 0 Å². The first kappa shape index (κ1) is 15.7. The fraction of sp³-hybridized carbons (Fsp3) is 0.867. The van der Waals surface area contributed by atoms with Crippen LogP contribution in [0.25, 0.3) is 0 Å². The average Bonchev–Trinajstić information content (AvgIpc) is 2.89. The van der Waals surface area contributed by atoms with E-state index < -0.39 is 5.54 Å². The Morgan fingerprint density at radius 3 is 2.55 bits per heavy atom. The zero-order valence-electron chi connectivity index (χ0n) is 12.8. The summed E-state index contributed by atoms with van der Waals surface area (Å²) in [5.74, 6) is 0.157. The molecule has 5 heteroatoms. The largest absolute Gasteiger partial charge is 0.342 e. The number of nitrogens with zero attached hydrogens (tertiary/aromatic N) is 1. The van der Waals surface area contributed by atoms with E-state index in [-0.39, 0.29) is 11.8 Å². The van der Waals surface area contributed by atoms with E-state index in [2.05, 4.69) is 11.6 Å². The predicted molar refractivity (Wildman–Crippen MR) is 82.7 cm³/mol. The number of carbonyl (C=O) groups is 2. The van der Waals surface area contributed by atoms with Gasteiger partial charge in [-0.3, -0.25) is 9.59 Å². The van der Waals surface area contributed by atoms with Gasteiger partial charge in [0.1, 0.15) is 5.54 Å². The van der Waals surface area contributed by atoms with Crippen LogP contribution in [0.1, 0.15) is 52.4 Å². The molecule has 0 aromatic heterocycles. The molecule has 1 heterocycles. The van der Waals surface area contributed by atoms with Gasteiger partial charge in [0.2, 0.25) is 11.8 Å². The first-order valence-corrected chi connectivity index (χ1v) is 9.00. The second-order valence-electron chi connectivity index (χ2n) is 5.91. The monoisotopic (exact) mass is 298 g/mol. The van der Waals surface area contributed by atoms with Crippen molar-refractivity contribution in [2.75, 3.05) is 12.8 Å². The van der Waals surface area contributed by atoms with Gasteiger partial charge in [-0.15, -0.1) is 0 Å². The summed E-state index contributed by atoms with van der Waals surface area (Å²) in [6.07, 6.45) is 7.26. The van der Waals surface area contributed by atoms with Crippen molar-refractivity contribution >= 4 is 23.6 Å². The van der Waals surface area contributed by atoms with Crippen LogP contribution in [0.15, 0.2) is 0 Å². The number of nitrogens with one attached hydrogen (secondary N) is 1. The Labute approximate surface area is 126 Å². The van der Waals surface area contributed by atoms with E-state index in [1.807, 2.05) is 30.5 Å². The van der Waals surface area contributed by atoms with Crippen molar-refractivity contribution in [3.05, 3.63) is 0 Å². The van der Waals surface area contributed by atoms with Crippen molar-refractivity contribution < 1.29 is 9.59 Å². The molecule has 1 N–H and O–H groups in total. The van der Waals surface area contributed by atoms with Gasteiger partial charge in [-0.25, -0.2) is 0 Å². The van der Waals surface area contributed by atoms with Crippen LogP contribution in [-0.4, -0.2) is 46.3 Å². The lowest BCUT2D eigenvalue weighted by Crippen LogP contribution is -2.58. The Morgan fingerprint density at radius 1 is 1.30 bits per heavy atom. The van der Waals surface area contributed by atoms with E-state index in [9.17, 15) is 9.59 Å². The third-order valence-corrected chi connectivity index (χ3v) is 6.06. The molecule has 2 aliphatic rings. The maximum atomic E-state index is 13.0. The van der Waals surface area contributed by atoms with Gasteiger partial charge in [-0.2, -0.15) is 11.8 Å². The van der Waals surface area contributed by atoms with E-state index in [0.29, 0.717) is 37.1 Å². The average molecular weight is 298 g/mol. The van der Waals surface area contributed by atoms with Crippen LogP contribution in [-0.2, 0) is 9.59 Å². The molecule has 2 fully saturated rings. The summed E-state index contributed by atoms with van der Waals surface area (Å²) in [5, 5.41) is 3.65. The van der Waals surface area contributed by atoms with Crippen LogP contribution < -0.4 is 5.32 Å². The molecule has 2 amide bonds. The van der Waals surface area contributed by atoms with Crippen LogP contribution >= 0.6 is 11.8 Å². The molecule has 0 bridgehead atoms. The molecule has 2 atom stereocenters. The van der Waals surface area contributed by atoms with E-state index in [1.165, 1.54) is 6.42 Å². The molecule has 0 aromatic rings. The molecule has 1 saturated carbocycles. The highest BCUT2D eigenvalue weighted by atomic mass is 32.2. The van der Waals surface area contributed by atoms with Crippen LogP contribution in [0, 0.1) is 0 Å². The number of carbonyl (C=O) groups excluding carboxylic acids is 2. The second-order valence-corrected chi connectivity index (χ2v) is 7.05. The number of amides is 2. The highest BCUT2D eigenvalue weighted by molar-refractivity contribution is 7.99. The fourth-order valence-electron chi connectivity index (χ4n) is 3.47. The maximum Gasteiger partial charge on any atom is 0.248 e. The number of hydrogen-bond acceptors (Lipinski definition) is 3. The summed E-state index contributed by atoms with van der Waals surface area (Å²) in [6, 6.07) is 0.324. The van der Waals surface area contributed by atoms with Crippen LogP contribution in [0.5, 0.6) is 0 Å². The van der Waals surface area contributed by atoms with Gasteiger partial charge < -0.3 is 10.2 Å². The highest BCUT2D eigenvalue weighted by Gasteiger charge is 2.44. The third kappa shape index (κ3) is 2.83. The van der Waals surface area contributed by atoms with E-state index >= 15 is 0 Å². The Bertz CT molecular complexity index is 382. The zero-order valence-corrected chi connectivity index (χ0v) is 13.6. The first-order chi connectivity index (χ1) is 9.56. The minimum Gasteiger partial charge on any atom is -0.342 e. The van der Waals surface area contributed by atoms with Crippen LogP contribution in [0.2, 0.25) is 0 Å². The quantitative estimate of drug-likeness (QED) is 0.865. The Morgan fingerprint density at radius 2 is 2.00 bits per heavy atom. The van der Waals surface area contributed by atoms with Crippen LogP contribution in [0.3, 0.4) is 0 Å². The smallest absolute Gasteiger partial charge is 0.248 e. The summed E-state index contributed by atoms with van der Waals surface area (Å²) < 4.78 is 0. The molecular weight excluding hydrogens is 272 g/mol. The Balaban J connectivity index is 2.20. The molecule has 1 saturated heterocycles. The molecule has 1 aliphatic heterocycles. The van der Waals surface area contributed by atoms with Gasteiger partial charge >= 0.3 is 0 Å². The van der Waals surface area contributed by atoms with Gasteiger partial charge in [-0.1, -0.05) is 13.8 Å². The molecule has 20 heavy (non-hydrogen) atoms. The first-order valence-electron chi connectivity index (χ1n) is 7.71. The van der Waals surface area contributed by atoms with E-state index in [1.54, 1.807) is 0 Å². The van der Waals surface area contributed by atoms with E-state index in [4.69, 9.17) is 0 Å². The lowest BCUT2D eigenvalue weighted by atomic mass is 9.90. The summed E-state index contributed by atoms with van der Waals surface area (Å²) in [5.41, 5.74) is -0.676. The highest BCUT2D eigenvalue weighted by Crippen LogP contribution is 2.34. The molecule has 0 spiro atoms. The van der Waals surface area contributed by atoms with E-state index in [0.717, 1.165) is 12.8 Å². The molecule has 4 nitrogen and oxygen atoms in total. The van der Waals surface area contributed by atoms with Crippen molar-refractivity contribution in [3.8, 4) is 0 Å². The van der Waals surface area contributed by atoms with Crippen LogP contribution in [0.4, 0.5) is 0 Å². The van der Waals surface area contributed by atoms with Crippen molar-refractivity contribution in [1.29, 1.82) is 0 Å². The SMILES string of the molecule is CCC1(CC)NC(=O)CCN(C2CCC(SC)C2)C1=O. The molecule has 0 radical (unpaired) electrons. The second kappa shape index (κ2) is 6.37. The summed E-state index contributed by atoms with van der Waals surface area (Å²) >= 11 is 1.90. The van der Waals surface area contributed by atoms with Crippen molar-refractivity contribution in [1.82, 2.24) is 10.2 Å². The zero-order chi connectivity index (χ0) is 14.8. The summed E-state index contributed by atoms with van der Waals surface area (Å²) in [6.45, 7) is 4.56. The standard InChI is InChI=1S/C15H26N2O2S/c1-4-15(5-2)14(19)17(9-8-13(18)16-15)11-6-7-12(10-11)20-3/h11-12H,4-10H2,1-3H3,(H,16,18). The number of hydrogen-bond donors (Lipinski definition) is 1. The fourth-order valence-corrected chi connectivity index (χ4v) is 4.26. The maximum absolute atomic E-state index is 13.0. The minimum atomic E-state index is -0.676. The van der Waals surface area contributed by atoms with Crippen molar-refractivity contribution in [3.63, 3.8) is 0 Å². The molecule has 114 valence electrons. The lowest BCUT2D eigenvalue weighted by Gasteiger charge is -2.36. The number of rotatable bonds is 4. The molecule has 1 aliphatic carbocycles. The third-order valence-electron chi connectivity index (χ3n) is 4.97. The van der Waals surface area contributed by atoms with Gasteiger partial charge in [0.05, 0.1) is 0 Å². The van der Waals surface area contributed by atoms with Crippen molar-refractivity contribution in [2.45, 2.75) is 69.2 Å². The molecule has 2 unspecified atom stereocenters. The molecular formula is C15H26N2O2S. The molecule has 2 rings (SSSR count). The summed E-state index contributed by atoms with van der Waals surface area (Å²) in [4.78, 5) is 26.9. The summed E-state index contributed by atoms with van der Waals surface area (Å²) in [7, 11) is 0. The molecule has 0 aromatic carbocycles. The normalized spacial score (nSPS) is 30.2. The van der Waals surface area contributed by atoms with Gasteiger partial charge in [0, 0.05) is 24.3 Å².